The first-order chi connectivity index (χ1) is 11.3. The van der Waals surface area contributed by atoms with E-state index in [0.717, 1.165) is 35.4 Å². The Balaban J connectivity index is 1.88. The van der Waals surface area contributed by atoms with E-state index in [1.54, 1.807) is 10.1 Å². The van der Waals surface area contributed by atoms with Gasteiger partial charge >= 0.3 is 0 Å². The summed E-state index contributed by atoms with van der Waals surface area (Å²) in [7, 11) is 0. The van der Waals surface area contributed by atoms with Crippen molar-refractivity contribution < 1.29 is 0 Å². The molecule has 1 fully saturated rings. The highest BCUT2D eigenvalue weighted by Gasteiger charge is 2.31. The first-order valence-electron chi connectivity index (χ1n) is 7.82. The average Bonchev–Trinajstić information content (AvgIpc) is 3.25. The normalized spacial score (nSPS) is 18.0. The SMILES string of the molecule is CCn1c(=O)c(N2CCC[C@H]2c2nncs2)nc2ccccc21. The van der Waals surface area contributed by atoms with Gasteiger partial charge < -0.3 is 9.47 Å². The summed E-state index contributed by atoms with van der Waals surface area (Å²) >= 11 is 1.54. The molecule has 1 aliphatic heterocycles. The van der Waals surface area contributed by atoms with Gasteiger partial charge in [0.15, 0.2) is 5.82 Å². The quantitative estimate of drug-likeness (QED) is 0.740. The van der Waals surface area contributed by atoms with Crippen molar-refractivity contribution in [1.82, 2.24) is 19.7 Å². The molecule has 1 atom stereocenters. The van der Waals surface area contributed by atoms with Crippen LogP contribution in [0.5, 0.6) is 0 Å². The fourth-order valence-electron chi connectivity index (χ4n) is 3.28. The minimum Gasteiger partial charge on any atom is -0.342 e. The van der Waals surface area contributed by atoms with Gasteiger partial charge in [0.05, 0.1) is 17.1 Å². The van der Waals surface area contributed by atoms with E-state index >= 15 is 0 Å². The number of aryl methyl sites for hydroxylation is 1. The number of fused-ring (bicyclic) bond motifs is 1. The number of benzene rings is 1. The molecule has 0 aliphatic carbocycles. The molecule has 3 aromatic rings. The van der Waals surface area contributed by atoms with E-state index in [1.165, 1.54) is 11.3 Å². The van der Waals surface area contributed by atoms with Crippen molar-refractivity contribution in [3.05, 3.63) is 45.1 Å². The number of anilines is 1. The minimum atomic E-state index is -0.0254. The Bertz CT molecular complexity index is 889. The van der Waals surface area contributed by atoms with Crippen molar-refractivity contribution >= 4 is 28.2 Å². The van der Waals surface area contributed by atoms with Crippen LogP contribution in [-0.2, 0) is 6.54 Å². The van der Waals surface area contributed by atoms with Crippen LogP contribution < -0.4 is 10.5 Å². The van der Waals surface area contributed by atoms with E-state index in [1.807, 2.05) is 31.2 Å². The highest BCUT2D eigenvalue weighted by molar-refractivity contribution is 7.09. The van der Waals surface area contributed by atoms with Crippen molar-refractivity contribution in [3.63, 3.8) is 0 Å². The maximum atomic E-state index is 12.9. The Hall–Kier alpha value is -2.28. The highest BCUT2D eigenvalue weighted by atomic mass is 32.1. The van der Waals surface area contributed by atoms with Crippen LogP contribution in [-0.4, -0.2) is 26.3 Å². The number of para-hydroxylation sites is 2. The van der Waals surface area contributed by atoms with Gasteiger partial charge in [-0.3, -0.25) is 4.79 Å². The molecule has 118 valence electrons. The van der Waals surface area contributed by atoms with E-state index in [4.69, 9.17) is 0 Å². The van der Waals surface area contributed by atoms with Crippen LogP contribution in [0.3, 0.4) is 0 Å². The van der Waals surface area contributed by atoms with Crippen LogP contribution >= 0.6 is 11.3 Å². The first-order valence-corrected chi connectivity index (χ1v) is 8.70. The second-order valence-corrected chi connectivity index (χ2v) is 6.47. The van der Waals surface area contributed by atoms with Gasteiger partial charge in [-0.2, -0.15) is 0 Å². The molecular formula is C16H17N5OS. The monoisotopic (exact) mass is 327 g/mol. The van der Waals surface area contributed by atoms with Crippen molar-refractivity contribution in [2.75, 3.05) is 11.4 Å². The topological polar surface area (TPSA) is 63.9 Å². The van der Waals surface area contributed by atoms with Crippen molar-refractivity contribution in [2.45, 2.75) is 32.4 Å². The third-order valence-corrected chi connectivity index (χ3v) is 5.13. The molecule has 1 aliphatic rings. The Labute approximate surface area is 137 Å². The number of aromatic nitrogens is 4. The highest BCUT2D eigenvalue weighted by Crippen LogP contribution is 2.34. The standard InChI is InChI=1S/C16H17N5OS/c1-2-20-12-7-4-3-6-11(12)18-14(16(20)22)21-9-5-8-13(21)15-19-17-10-23-15/h3-4,6-7,10,13H,2,5,8-9H2,1H3/t13-/m0/s1. The van der Waals surface area contributed by atoms with Gasteiger partial charge in [0.1, 0.15) is 10.5 Å². The molecule has 0 unspecified atom stereocenters. The molecule has 0 radical (unpaired) electrons. The zero-order valence-corrected chi connectivity index (χ0v) is 13.7. The summed E-state index contributed by atoms with van der Waals surface area (Å²) in [6.45, 7) is 3.45. The van der Waals surface area contributed by atoms with Gasteiger partial charge in [-0.15, -0.1) is 21.5 Å². The van der Waals surface area contributed by atoms with E-state index in [9.17, 15) is 4.79 Å². The summed E-state index contributed by atoms with van der Waals surface area (Å²) in [5.74, 6) is 0.531. The van der Waals surface area contributed by atoms with Crippen LogP contribution in [0.2, 0.25) is 0 Å². The van der Waals surface area contributed by atoms with Crippen molar-refractivity contribution in [1.29, 1.82) is 0 Å². The molecule has 2 aromatic heterocycles. The van der Waals surface area contributed by atoms with Crippen LogP contribution in [0.15, 0.2) is 34.6 Å². The largest absolute Gasteiger partial charge is 0.342 e. The van der Waals surface area contributed by atoms with E-state index in [2.05, 4.69) is 20.1 Å². The van der Waals surface area contributed by atoms with Gasteiger partial charge in [0.2, 0.25) is 0 Å². The third-order valence-electron chi connectivity index (χ3n) is 4.34. The number of hydrogen-bond donors (Lipinski definition) is 0. The number of rotatable bonds is 3. The van der Waals surface area contributed by atoms with Crippen molar-refractivity contribution in [2.24, 2.45) is 0 Å². The fourth-order valence-corrected chi connectivity index (χ4v) is 3.98. The van der Waals surface area contributed by atoms with Gasteiger partial charge in [-0.05, 0) is 31.9 Å². The summed E-state index contributed by atoms with van der Waals surface area (Å²) < 4.78 is 1.80. The van der Waals surface area contributed by atoms with Crippen LogP contribution in [0.1, 0.15) is 30.8 Å². The third kappa shape index (κ3) is 2.31. The molecule has 3 heterocycles. The Kier molecular flexibility index (Phi) is 3.57. The Morgan fingerprint density at radius 1 is 1.35 bits per heavy atom. The summed E-state index contributed by atoms with van der Waals surface area (Å²) in [5.41, 5.74) is 3.45. The summed E-state index contributed by atoms with van der Waals surface area (Å²) in [6, 6.07) is 7.91. The van der Waals surface area contributed by atoms with Crippen LogP contribution in [0.25, 0.3) is 11.0 Å². The van der Waals surface area contributed by atoms with Gasteiger partial charge in [-0.1, -0.05) is 12.1 Å². The summed E-state index contributed by atoms with van der Waals surface area (Å²) in [5, 5.41) is 9.10. The lowest BCUT2D eigenvalue weighted by atomic mass is 10.2. The second-order valence-electron chi connectivity index (χ2n) is 5.60. The number of nitrogens with zero attached hydrogens (tertiary/aromatic N) is 5. The molecule has 0 saturated carbocycles. The predicted molar refractivity (Wildman–Crippen MR) is 90.9 cm³/mol. The molecule has 6 nitrogen and oxygen atoms in total. The van der Waals surface area contributed by atoms with E-state index in [-0.39, 0.29) is 11.6 Å². The van der Waals surface area contributed by atoms with Crippen LogP contribution in [0, 0.1) is 0 Å². The zero-order chi connectivity index (χ0) is 15.8. The minimum absolute atomic E-state index is 0.0254. The maximum Gasteiger partial charge on any atom is 0.294 e. The molecule has 0 spiro atoms. The van der Waals surface area contributed by atoms with Crippen molar-refractivity contribution in [3.8, 4) is 0 Å². The lowest BCUT2D eigenvalue weighted by Gasteiger charge is -2.24. The molecule has 0 amide bonds. The van der Waals surface area contributed by atoms with Crippen LogP contribution in [0.4, 0.5) is 5.82 Å². The molecule has 1 saturated heterocycles. The Morgan fingerprint density at radius 2 is 2.22 bits per heavy atom. The molecular weight excluding hydrogens is 310 g/mol. The molecule has 23 heavy (non-hydrogen) atoms. The lowest BCUT2D eigenvalue weighted by molar-refractivity contribution is 0.679. The fraction of sp³-hybridized carbons (Fsp3) is 0.375. The first kappa shape index (κ1) is 14.3. The summed E-state index contributed by atoms with van der Waals surface area (Å²) in [4.78, 5) is 19.7. The number of hydrogen-bond acceptors (Lipinski definition) is 6. The predicted octanol–water partition coefficient (Wildman–Crippen LogP) is 2.61. The molecule has 0 N–H and O–H groups in total. The lowest BCUT2D eigenvalue weighted by Crippen LogP contribution is -2.33. The summed E-state index contributed by atoms with van der Waals surface area (Å²) in [6.07, 6.45) is 2.01. The zero-order valence-electron chi connectivity index (χ0n) is 12.8. The molecule has 4 rings (SSSR count). The average molecular weight is 327 g/mol. The van der Waals surface area contributed by atoms with Gasteiger partial charge in [0, 0.05) is 13.1 Å². The van der Waals surface area contributed by atoms with Gasteiger partial charge in [-0.25, -0.2) is 4.98 Å². The van der Waals surface area contributed by atoms with Gasteiger partial charge in [0.25, 0.3) is 5.56 Å². The molecule has 1 aromatic carbocycles. The smallest absolute Gasteiger partial charge is 0.294 e. The molecule has 0 bridgehead atoms. The second kappa shape index (κ2) is 5.73. The molecule has 7 heteroatoms. The van der Waals surface area contributed by atoms with E-state index < -0.39 is 0 Å². The maximum absolute atomic E-state index is 12.9. The van der Waals surface area contributed by atoms with E-state index in [0.29, 0.717) is 12.4 Å². The Morgan fingerprint density at radius 3 is 3.00 bits per heavy atom.